The van der Waals surface area contributed by atoms with E-state index in [0.717, 1.165) is 25.2 Å². The molecule has 0 spiro atoms. The standard InChI is InChI=1S/C15H22ClN5O3S/c1-25(23,24)21-9-7-19(8-10-21)15(22)12-3-2-6-20(11-12)14-5-4-13(16)17-18-14/h4-5,12H,2-3,6-11H2,1H3. The molecule has 2 fully saturated rings. The average molecular weight is 388 g/mol. The summed E-state index contributed by atoms with van der Waals surface area (Å²) in [5.41, 5.74) is 0. The lowest BCUT2D eigenvalue weighted by atomic mass is 9.96. The first kappa shape index (κ1) is 18.3. The number of anilines is 1. The molecular weight excluding hydrogens is 366 g/mol. The monoisotopic (exact) mass is 387 g/mol. The third-order valence-electron chi connectivity index (χ3n) is 4.73. The molecule has 3 heterocycles. The number of aromatic nitrogens is 2. The number of hydrogen-bond acceptors (Lipinski definition) is 6. The van der Waals surface area contributed by atoms with E-state index in [1.807, 2.05) is 6.07 Å². The largest absolute Gasteiger partial charge is 0.354 e. The van der Waals surface area contributed by atoms with E-state index in [4.69, 9.17) is 11.6 Å². The zero-order chi connectivity index (χ0) is 18.0. The first-order chi connectivity index (χ1) is 11.8. The van der Waals surface area contributed by atoms with Crippen molar-refractivity contribution in [3.63, 3.8) is 0 Å². The Morgan fingerprint density at radius 3 is 2.48 bits per heavy atom. The molecule has 3 rings (SSSR count). The van der Waals surface area contributed by atoms with Gasteiger partial charge in [0, 0.05) is 39.3 Å². The second-order valence-corrected chi connectivity index (χ2v) is 8.86. The van der Waals surface area contributed by atoms with Gasteiger partial charge in [0.15, 0.2) is 11.0 Å². The molecule has 0 aromatic carbocycles. The van der Waals surface area contributed by atoms with Gasteiger partial charge in [0.1, 0.15) is 0 Å². The Bertz CT molecular complexity index is 719. The van der Waals surface area contributed by atoms with Crippen molar-refractivity contribution in [1.82, 2.24) is 19.4 Å². The fourth-order valence-electron chi connectivity index (χ4n) is 3.36. The molecule has 0 radical (unpaired) electrons. The Morgan fingerprint density at radius 2 is 1.88 bits per heavy atom. The van der Waals surface area contributed by atoms with E-state index >= 15 is 0 Å². The molecule has 138 valence electrons. The van der Waals surface area contributed by atoms with Crippen LogP contribution < -0.4 is 4.90 Å². The van der Waals surface area contributed by atoms with Crippen LogP contribution in [0.15, 0.2) is 12.1 Å². The first-order valence-electron chi connectivity index (χ1n) is 8.32. The minimum Gasteiger partial charge on any atom is -0.354 e. The number of piperazine rings is 1. The smallest absolute Gasteiger partial charge is 0.227 e. The number of carbonyl (C=O) groups excluding carboxylic acids is 1. The number of piperidine rings is 1. The number of carbonyl (C=O) groups is 1. The van der Waals surface area contributed by atoms with Gasteiger partial charge in [-0.05, 0) is 25.0 Å². The van der Waals surface area contributed by atoms with Crippen molar-refractivity contribution < 1.29 is 13.2 Å². The molecule has 1 atom stereocenters. The Labute approximate surface area is 152 Å². The Hall–Kier alpha value is -1.45. The van der Waals surface area contributed by atoms with Crippen LogP contribution in [0.1, 0.15) is 12.8 Å². The van der Waals surface area contributed by atoms with Crippen molar-refractivity contribution >= 4 is 33.3 Å². The lowest BCUT2D eigenvalue weighted by Gasteiger charge is -2.38. The van der Waals surface area contributed by atoms with Gasteiger partial charge in [-0.2, -0.15) is 4.31 Å². The second-order valence-electron chi connectivity index (χ2n) is 6.49. The quantitative estimate of drug-likeness (QED) is 0.748. The maximum atomic E-state index is 12.8. The van der Waals surface area contributed by atoms with Gasteiger partial charge in [-0.15, -0.1) is 10.2 Å². The summed E-state index contributed by atoms with van der Waals surface area (Å²) in [5, 5.41) is 8.30. The highest BCUT2D eigenvalue weighted by Gasteiger charge is 2.33. The van der Waals surface area contributed by atoms with Crippen LogP contribution >= 0.6 is 11.6 Å². The number of halogens is 1. The van der Waals surface area contributed by atoms with Gasteiger partial charge in [0.25, 0.3) is 0 Å². The molecular formula is C15H22ClN5O3S. The van der Waals surface area contributed by atoms with Crippen LogP contribution in [0, 0.1) is 5.92 Å². The molecule has 1 aromatic heterocycles. The number of amides is 1. The number of hydrogen-bond donors (Lipinski definition) is 0. The molecule has 2 aliphatic heterocycles. The predicted molar refractivity (Wildman–Crippen MR) is 95.0 cm³/mol. The predicted octanol–water partition coefficient (Wildman–Crippen LogP) is 0.450. The molecule has 10 heteroatoms. The normalized spacial score (nSPS) is 22.9. The van der Waals surface area contributed by atoms with Gasteiger partial charge in [0.05, 0.1) is 12.2 Å². The fourth-order valence-corrected chi connectivity index (χ4v) is 4.29. The second kappa shape index (κ2) is 7.43. The summed E-state index contributed by atoms with van der Waals surface area (Å²) in [4.78, 5) is 16.7. The Balaban J connectivity index is 1.60. The number of sulfonamides is 1. The lowest BCUT2D eigenvalue weighted by Crippen LogP contribution is -2.53. The lowest BCUT2D eigenvalue weighted by molar-refractivity contribution is -0.137. The molecule has 1 amide bonds. The maximum Gasteiger partial charge on any atom is 0.227 e. The van der Waals surface area contributed by atoms with Gasteiger partial charge in [0.2, 0.25) is 15.9 Å². The van der Waals surface area contributed by atoms with Gasteiger partial charge >= 0.3 is 0 Å². The number of nitrogens with zero attached hydrogens (tertiary/aromatic N) is 5. The molecule has 0 N–H and O–H groups in total. The van der Waals surface area contributed by atoms with E-state index in [-0.39, 0.29) is 11.8 Å². The van der Waals surface area contributed by atoms with Crippen molar-refractivity contribution in [2.24, 2.45) is 5.92 Å². The maximum absolute atomic E-state index is 12.8. The summed E-state index contributed by atoms with van der Waals surface area (Å²) in [5.74, 6) is 0.722. The molecule has 1 aromatic rings. The summed E-state index contributed by atoms with van der Waals surface area (Å²) in [6, 6.07) is 3.51. The van der Waals surface area contributed by atoms with E-state index < -0.39 is 10.0 Å². The van der Waals surface area contributed by atoms with Crippen molar-refractivity contribution in [3.05, 3.63) is 17.3 Å². The molecule has 8 nitrogen and oxygen atoms in total. The first-order valence-corrected chi connectivity index (χ1v) is 10.6. The van der Waals surface area contributed by atoms with E-state index in [2.05, 4.69) is 15.1 Å². The van der Waals surface area contributed by atoms with E-state index in [1.54, 1.807) is 11.0 Å². The minimum atomic E-state index is -3.19. The highest BCUT2D eigenvalue weighted by atomic mass is 35.5. The summed E-state index contributed by atoms with van der Waals surface area (Å²) >= 11 is 5.78. The summed E-state index contributed by atoms with van der Waals surface area (Å²) in [7, 11) is -3.19. The fraction of sp³-hybridized carbons (Fsp3) is 0.667. The highest BCUT2D eigenvalue weighted by Crippen LogP contribution is 2.24. The van der Waals surface area contributed by atoms with Gasteiger partial charge in [-0.3, -0.25) is 4.79 Å². The van der Waals surface area contributed by atoms with Crippen LogP contribution in [0.4, 0.5) is 5.82 Å². The van der Waals surface area contributed by atoms with Crippen molar-refractivity contribution in [3.8, 4) is 0 Å². The van der Waals surface area contributed by atoms with Crippen molar-refractivity contribution in [2.45, 2.75) is 12.8 Å². The van der Waals surface area contributed by atoms with E-state index in [0.29, 0.717) is 37.9 Å². The zero-order valence-electron chi connectivity index (χ0n) is 14.1. The third-order valence-corrected chi connectivity index (χ3v) is 6.24. The average Bonchev–Trinajstić information content (AvgIpc) is 2.61. The van der Waals surface area contributed by atoms with Crippen molar-refractivity contribution in [2.75, 3.05) is 50.4 Å². The van der Waals surface area contributed by atoms with E-state index in [9.17, 15) is 13.2 Å². The minimum absolute atomic E-state index is 0.0970. The topological polar surface area (TPSA) is 86.7 Å². The molecule has 0 bridgehead atoms. The van der Waals surface area contributed by atoms with Crippen LogP contribution in [0.25, 0.3) is 0 Å². The SMILES string of the molecule is CS(=O)(=O)N1CCN(C(=O)C2CCCN(c3ccc(Cl)nn3)C2)CC1. The van der Waals surface area contributed by atoms with Crippen LogP contribution in [-0.4, -0.2) is 79.3 Å². The van der Waals surface area contributed by atoms with Crippen LogP contribution in [-0.2, 0) is 14.8 Å². The summed E-state index contributed by atoms with van der Waals surface area (Å²) < 4.78 is 24.6. The summed E-state index contributed by atoms with van der Waals surface area (Å²) in [6.07, 6.45) is 2.95. The molecule has 0 aliphatic carbocycles. The zero-order valence-corrected chi connectivity index (χ0v) is 15.7. The highest BCUT2D eigenvalue weighted by molar-refractivity contribution is 7.88. The molecule has 2 saturated heterocycles. The van der Waals surface area contributed by atoms with E-state index in [1.165, 1.54) is 10.6 Å². The van der Waals surface area contributed by atoms with Crippen LogP contribution in [0.3, 0.4) is 0 Å². The molecule has 1 unspecified atom stereocenters. The van der Waals surface area contributed by atoms with Gasteiger partial charge in [-0.25, -0.2) is 8.42 Å². The molecule has 2 aliphatic rings. The Morgan fingerprint density at radius 1 is 1.16 bits per heavy atom. The molecule has 0 saturated carbocycles. The van der Waals surface area contributed by atoms with Gasteiger partial charge < -0.3 is 9.80 Å². The Kier molecular flexibility index (Phi) is 5.45. The van der Waals surface area contributed by atoms with Crippen LogP contribution in [0.2, 0.25) is 5.15 Å². The molecule has 25 heavy (non-hydrogen) atoms. The van der Waals surface area contributed by atoms with Crippen LogP contribution in [0.5, 0.6) is 0 Å². The third kappa shape index (κ3) is 4.39. The number of rotatable bonds is 3. The van der Waals surface area contributed by atoms with Gasteiger partial charge in [-0.1, -0.05) is 11.6 Å². The summed E-state index contributed by atoms with van der Waals surface area (Å²) in [6.45, 7) is 3.06. The van der Waals surface area contributed by atoms with Crippen molar-refractivity contribution in [1.29, 1.82) is 0 Å².